The lowest BCUT2D eigenvalue weighted by molar-refractivity contribution is 0.0991. The molecule has 3 aromatic carbocycles. The number of rotatable bonds is 9. The fourth-order valence-electron chi connectivity index (χ4n) is 4.36. The molecule has 0 unspecified atom stereocenters. The van der Waals surface area contributed by atoms with Crippen LogP contribution in [0.25, 0.3) is 33.6 Å². The van der Waals surface area contributed by atoms with E-state index < -0.39 is 5.91 Å². The Bertz CT molecular complexity index is 1460. The Balaban J connectivity index is 1.50. The minimum Gasteiger partial charge on any atom is -0.364 e. The molecule has 180 valence electrons. The van der Waals surface area contributed by atoms with Crippen molar-refractivity contribution in [2.75, 3.05) is 0 Å². The van der Waals surface area contributed by atoms with Gasteiger partial charge in [0.05, 0.1) is 6.20 Å². The van der Waals surface area contributed by atoms with Gasteiger partial charge in [-0.15, -0.1) is 10.2 Å². The molecule has 2 aromatic heterocycles. The van der Waals surface area contributed by atoms with E-state index in [0.29, 0.717) is 18.1 Å². The molecule has 0 aliphatic carbocycles. The highest BCUT2D eigenvalue weighted by atomic mass is 16.1. The number of nitrogens with one attached hydrogen (secondary N) is 1. The van der Waals surface area contributed by atoms with Crippen LogP contribution in [-0.2, 0) is 13.0 Å². The number of aryl methyl sites for hydroxylation is 1. The summed E-state index contributed by atoms with van der Waals surface area (Å²) in [6, 6.07) is 24.8. The van der Waals surface area contributed by atoms with Crippen LogP contribution < -0.4 is 5.73 Å². The van der Waals surface area contributed by atoms with Crippen LogP contribution in [0.15, 0.2) is 79.0 Å². The smallest absolute Gasteiger partial charge is 0.266 e. The van der Waals surface area contributed by atoms with Gasteiger partial charge in [0, 0.05) is 18.5 Å². The quantitative estimate of drug-likeness (QED) is 0.314. The molecule has 0 fully saturated rings. The van der Waals surface area contributed by atoms with Crippen molar-refractivity contribution in [2.45, 2.75) is 32.7 Å². The molecule has 0 spiro atoms. The van der Waals surface area contributed by atoms with Crippen LogP contribution in [0.2, 0.25) is 0 Å². The number of H-pyrrole nitrogens is 1. The highest BCUT2D eigenvalue weighted by Crippen LogP contribution is 2.34. The Hall–Kier alpha value is -4.59. The van der Waals surface area contributed by atoms with Gasteiger partial charge in [-0.3, -0.25) is 4.79 Å². The molecular weight excluding hydrogens is 450 g/mol. The second-order valence-corrected chi connectivity index (χ2v) is 8.67. The molecule has 1 amide bonds. The molecular formula is C28H27N7O. The Kier molecular flexibility index (Phi) is 6.66. The fraction of sp³-hybridized carbons (Fsp3) is 0.179. The van der Waals surface area contributed by atoms with Crippen molar-refractivity contribution in [1.82, 2.24) is 30.2 Å². The summed E-state index contributed by atoms with van der Waals surface area (Å²) in [5, 5.41) is 14.7. The number of hydrogen-bond acceptors (Lipinski definition) is 5. The van der Waals surface area contributed by atoms with Crippen LogP contribution in [-0.4, -0.2) is 36.1 Å². The summed E-state index contributed by atoms with van der Waals surface area (Å²) in [6.07, 6.45) is 4.44. The fourth-order valence-corrected chi connectivity index (χ4v) is 4.36. The van der Waals surface area contributed by atoms with Crippen molar-refractivity contribution < 1.29 is 4.79 Å². The van der Waals surface area contributed by atoms with Gasteiger partial charge in [0.15, 0.2) is 0 Å². The zero-order valence-corrected chi connectivity index (χ0v) is 20.1. The molecule has 0 aliphatic heterocycles. The lowest BCUT2D eigenvalue weighted by atomic mass is 9.93. The first kappa shape index (κ1) is 23.2. The molecule has 8 heteroatoms. The maximum Gasteiger partial charge on any atom is 0.266 e. The monoisotopic (exact) mass is 477 g/mol. The van der Waals surface area contributed by atoms with Gasteiger partial charge in [-0.25, -0.2) is 4.98 Å². The number of primary amides is 1. The number of carbonyl (C=O) groups excluding carboxylic acids is 1. The number of imidazole rings is 1. The van der Waals surface area contributed by atoms with E-state index >= 15 is 0 Å². The molecule has 0 aliphatic rings. The maximum atomic E-state index is 12.0. The SMILES string of the molecule is CCCCc1ncc(C(N)=O)n1Cc1ccc(-c2cc(-c3ccccc3)ccc2-c2nn[nH]n2)cc1. The van der Waals surface area contributed by atoms with Gasteiger partial charge in [0.1, 0.15) is 11.5 Å². The second-order valence-electron chi connectivity index (χ2n) is 8.67. The van der Waals surface area contributed by atoms with Crippen LogP contribution in [0.5, 0.6) is 0 Å². The summed E-state index contributed by atoms with van der Waals surface area (Å²) in [6.45, 7) is 2.66. The van der Waals surface area contributed by atoms with Gasteiger partial charge in [-0.1, -0.05) is 74.0 Å². The summed E-state index contributed by atoms with van der Waals surface area (Å²) >= 11 is 0. The van der Waals surface area contributed by atoms with Gasteiger partial charge < -0.3 is 10.3 Å². The number of carbonyl (C=O) groups is 1. The van der Waals surface area contributed by atoms with E-state index in [4.69, 9.17) is 5.73 Å². The molecule has 5 aromatic rings. The molecule has 8 nitrogen and oxygen atoms in total. The van der Waals surface area contributed by atoms with E-state index in [1.54, 1.807) is 6.20 Å². The van der Waals surface area contributed by atoms with E-state index in [-0.39, 0.29) is 0 Å². The average Bonchev–Trinajstić information content (AvgIpc) is 3.59. The van der Waals surface area contributed by atoms with Gasteiger partial charge in [-0.2, -0.15) is 5.21 Å². The van der Waals surface area contributed by atoms with Crippen LogP contribution in [0, 0.1) is 0 Å². The summed E-state index contributed by atoms with van der Waals surface area (Å²) in [5.74, 6) is 0.952. The van der Waals surface area contributed by atoms with Crippen molar-refractivity contribution in [3.8, 4) is 33.6 Å². The number of tetrazole rings is 1. The molecule has 5 rings (SSSR count). The lowest BCUT2D eigenvalue weighted by Crippen LogP contribution is -2.18. The highest BCUT2D eigenvalue weighted by Gasteiger charge is 2.16. The first-order chi connectivity index (χ1) is 17.6. The van der Waals surface area contributed by atoms with Crippen LogP contribution in [0.4, 0.5) is 0 Å². The minimum atomic E-state index is -0.468. The Morgan fingerprint density at radius 3 is 2.42 bits per heavy atom. The van der Waals surface area contributed by atoms with Gasteiger partial charge in [-0.05, 0) is 51.6 Å². The third-order valence-corrected chi connectivity index (χ3v) is 6.26. The predicted molar refractivity (Wildman–Crippen MR) is 139 cm³/mol. The Morgan fingerprint density at radius 1 is 0.944 bits per heavy atom. The molecule has 2 heterocycles. The molecule has 36 heavy (non-hydrogen) atoms. The normalized spacial score (nSPS) is 11.0. The third kappa shape index (κ3) is 4.79. The number of hydrogen-bond donors (Lipinski definition) is 2. The van der Waals surface area contributed by atoms with Crippen molar-refractivity contribution >= 4 is 5.91 Å². The number of aromatic amines is 1. The number of nitrogens with two attached hydrogens (primary N) is 1. The highest BCUT2D eigenvalue weighted by molar-refractivity contribution is 5.91. The van der Waals surface area contributed by atoms with Gasteiger partial charge >= 0.3 is 0 Å². The molecule has 0 bridgehead atoms. The van der Waals surface area contributed by atoms with E-state index in [0.717, 1.165) is 58.5 Å². The number of nitrogens with zero attached hydrogens (tertiary/aromatic N) is 5. The van der Waals surface area contributed by atoms with Crippen LogP contribution >= 0.6 is 0 Å². The van der Waals surface area contributed by atoms with Crippen molar-refractivity contribution in [3.63, 3.8) is 0 Å². The van der Waals surface area contributed by atoms with E-state index in [1.807, 2.05) is 28.8 Å². The zero-order chi connectivity index (χ0) is 24.9. The lowest BCUT2D eigenvalue weighted by Gasteiger charge is -2.13. The molecule has 0 atom stereocenters. The first-order valence-corrected chi connectivity index (χ1v) is 12.0. The average molecular weight is 478 g/mol. The molecule has 0 saturated carbocycles. The van der Waals surface area contributed by atoms with Crippen molar-refractivity contribution in [1.29, 1.82) is 0 Å². The summed E-state index contributed by atoms with van der Waals surface area (Å²) in [5.41, 5.74) is 12.3. The van der Waals surface area contributed by atoms with Crippen LogP contribution in [0.3, 0.4) is 0 Å². The summed E-state index contributed by atoms with van der Waals surface area (Å²) in [7, 11) is 0. The maximum absolute atomic E-state index is 12.0. The molecule has 0 radical (unpaired) electrons. The van der Waals surface area contributed by atoms with Gasteiger partial charge in [0.25, 0.3) is 5.91 Å². The first-order valence-electron chi connectivity index (χ1n) is 12.0. The Morgan fingerprint density at radius 2 is 1.72 bits per heavy atom. The van der Waals surface area contributed by atoms with E-state index in [9.17, 15) is 4.79 Å². The molecule has 0 saturated heterocycles. The van der Waals surface area contributed by atoms with Crippen LogP contribution in [0.1, 0.15) is 41.6 Å². The predicted octanol–water partition coefficient (Wildman–Crippen LogP) is 4.89. The molecule has 3 N–H and O–H groups in total. The standard InChI is InChI=1S/C28H27N7O/c1-2-3-9-26-30-17-25(27(29)36)35(26)18-19-10-12-21(13-11-19)24-16-22(20-7-5-4-6-8-20)14-15-23(24)28-31-33-34-32-28/h4-8,10-17H,2-3,9,18H2,1H3,(H2,29,36)(H,31,32,33,34). The second kappa shape index (κ2) is 10.4. The summed E-state index contributed by atoms with van der Waals surface area (Å²) in [4.78, 5) is 16.4. The van der Waals surface area contributed by atoms with E-state index in [1.165, 1.54) is 0 Å². The topological polar surface area (TPSA) is 115 Å². The number of aromatic nitrogens is 6. The summed E-state index contributed by atoms with van der Waals surface area (Å²) < 4.78 is 1.92. The zero-order valence-electron chi connectivity index (χ0n) is 20.1. The third-order valence-electron chi connectivity index (χ3n) is 6.26. The van der Waals surface area contributed by atoms with E-state index in [2.05, 4.69) is 81.1 Å². The Labute approximate surface area is 209 Å². The minimum absolute atomic E-state index is 0.431. The van der Waals surface area contributed by atoms with Gasteiger partial charge in [0.2, 0.25) is 5.82 Å². The van der Waals surface area contributed by atoms with Crippen molar-refractivity contribution in [3.05, 3.63) is 96.1 Å². The largest absolute Gasteiger partial charge is 0.364 e. The number of benzene rings is 3. The number of amides is 1. The number of unbranched alkanes of at least 4 members (excludes halogenated alkanes) is 1. The van der Waals surface area contributed by atoms with Crippen molar-refractivity contribution in [2.24, 2.45) is 5.73 Å².